The summed E-state index contributed by atoms with van der Waals surface area (Å²) in [5.41, 5.74) is -0.0946. The van der Waals surface area contributed by atoms with Gasteiger partial charge in [0.25, 0.3) is 0 Å². The first-order valence-electron chi connectivity index (χ1n) is 7.14. The smallest absolute Gasteiger partial charge is 0.248 e. The van der Waals surface area contributed by atoms with Crippen LogP contribution in [0.5, 0.6) is 0 Å². The lowest BCUT2D eigenvalue weighted by Crippen LogP contribution is -2.44. The fourth-order valence-electron chi connectivity index (χ4n) is 2.51. The molecule has 1 aromatic carbocycles. The lowest BCUT2D eigenvalue weighted by molar-refractivity contribution is -0.122. The van der Waals surface area contributed by atoms with E-state index in [1.54, 1.807) is 0 Å². The highest BCUT2D eigenvalue weighted by Gasteiger charge is 2.35. The maximum Gasteiger partial charge on any atom is 0.248 e. The van der Waals surface area contributed by atoms with Gasteiger partial charge in [0.05, 0.1) is 0 Å². The van der Waals surface area contributed by atoms with Crippen molar-refractivity contribution in [2.24, 2.45) is 0 Å². The van der Waals surface area contributed by atoms with E-state index in [1.807, 2.05) is 0 Å². The summed E-state index contributed by atoms with van der Waals surface area (Å²) in [6.45, 7) is -0.445. The van der Waals surface area contributed by atoms with Gasteiger partial charge in [0.1, 0.15) is 18.2 Å². The molecule has 0 unspecified atom stereocenters. The van der Waals surface area contributed by atoms with Gasteiger partial charge in [-0.05, 0) is 25.0 Å². The third-order valence-corrected chi connectivity index (χ3v) is 3.70. The van der Waals surface area contributed by atoms with Crippen molar-refractivity contribution in [1.82, 2.24) is 5.32 Å². The highest BCUT2D eigenvalue weighted by Crippen LogP contribution is 2.32. The summed E-state index contributed by atoms with van der Waals surface area (Å²) < 4.78 is 52.4. The molecule has 1 aromatic rings. The Labute approximate surface area is 130 Å². The molecule has 1 saturated carbocycles. The number of benzene rings is 1. The van der Waals surface area contributed by atoms with Gasteiger partial charge in [-0.3, -0.25) is 9.59 Å². The molecule has 1 fully saturated rings. The number of hydrogen-bond acceptors (Lipinski definition) is 2. The number of anilines is 1. The predicted octanol–water partition coefficient (Wildman–Crippen LogP) is 2.62. The number of hydrogen-bond donors (Lipinski definition) is 1. The molecule has 1 N–H and O–H groups in total. The van der Waals surface area contributed by atoms with Gasteiger partial charge in [-0.2, -0.15) is 0 Å². The zero-order chi connectivity index (χ0) is 17.0. The zero-order valence-electron chi connectivity index (χ0n) is 12.2. The van der Waals surface area contributed by atoms with E-state index in [0.29, 0.717) is 6.07 Å². The van der Waals surface area contributed by atoms with Crippen molar-refractivity contribution in [3.05, 3.63) is 29.8 Å². The first kappa shape index (κ1) is 17.2. The van der Waals surface area contributed by atoms with Crippen LogP contribution in [0.1, 0.15) is 25.7 Å². The summed E-state index contributed by atoms with van der Waals surface area (Å²) in [6, 6.07) is 2.10. The van der Waals surface area contributed by atoms with Crippen LogP contribution in [0.2, 0.25) is 0 Å². The summed E-state index contributed by atoms with van der Waals surface area (Å²) in [6.07, 6.45) is -0.0272. The molecule has 0 aromatic heterocycles. The highest BCUT2D eigenvalue weighted by atomic mass is 19.3. The molecule has 0 radical (unpaired) electrons. The summed E-state index contributed by atoms with van der Waals surface area (Å²) in [4.78, 5) is 23.8. The van der Waals surface area contributed by atoms with Gasteiger partial charge in [0.2, 0.25) is 18.2 Å². The molecular weight excluding hydrogens is 316 g/mol. The average molecular weight is 332 g/mol. The van der Waals surface area contributed by atoms with Crippen LogP contribution in [0.4, 0.5) is 23.2 Å². The molecule has 1 aliphatic rings. The number of rotatable bonds is 5. The van der Waals surface area contributed by atoms with Crippen LogP contribution in [-0.4, -0.2) is 30.8 Å². The van der Waals surface area contributed by atoms with Crippen LogP contribution in [0.3, 0.4) is 0 Å². The summed E-state index contributed by atoms with van der Waals surface area (Å²) in [7, 11) is 0. The van der Waals surface area contributed by atoms with E-state index in [2.05, 4.69) is 5.32 Å². The molecule has 126 valence electrons. The van der Waals surface area contributed by atoms with Crippen molar-refractivity contribution >= 4 is 18.0 Å². The van der Waals surface area contributed by atoms with E-state index in [9.17, 15) is 27.2 Å². The highest BCUT2D eigenvalue weighted by molar-refractivity contribution is 5.88. The Morgan fingerprint density at radius 2 is 1.78 bits per heavy atom. The van der Waals surface area contributed by atoms with E-state index in [0.717, 1.165) is 17.0 Å². The molecule has 4 nitrogen and oxygen atoms in total. The lowest BCUT2D eigenvalue weighted by atomic mass is 9.92. The second-order valence-electron chi connectivity index (χ2n) is 5.56. The largest absolute Gasteiger partial charge is 0.352 e. The van der Waals surface area contributed by atoms with Gasteiger partial charge >= 0.3 is 0 Å². The first-order valence-corrected chi connectivity index (χ1v) is 7.14. The fourth-order valence-corrected chi connectivity index (χ4v) is 2.51. The van der Waals surface area contributed by atoms with Gasteiger partial charge in [-0.1, -0.05) is 0 Å². The number of nitrogens with zero attached hydrogens (tertiary/aromatic N) is 1. The number of carbonyl (C=O) groups is 2. The van der Waals surface area contributed by atoms with E-state index >= 15 is 0 Å². The Morgan fingerprint density at radius 3 is 2.30 bits per heavy atom. The van der Waals surface area contributed by atoms with Crippen LogP contribution in [0.25, 0.3) is 0 Å². The summed E-state index contributed by atoms with van der Waals surface area (Å²) in [5.74, 6) is -5.02. The molecule has 8 heteroatoms. The van der Waals surface area contributed by atoms with E-state index in [4.69, 9.17) is 0 Å². The minimum Gasteiger partial charge on any atom is -0.352 e. The molecule has 2 amide bonds. The number of amides is 2. The van der Waals surface area contributed by atoms with Crippen molar-refractivity contribution in [1.29, 1.82) is 0 Å². The van der Waals surface area contributed by atoms with Gasteiger partial charge in [0.15, 0.2) is 0 Å². The fraction of sp³-hybridized carbons (Fsp3) is 0.467. The van der Waals surface area contributed by atoms with Crippen LogP contribution < -0.4 is 10.2 Å². The maximum absolute atomic E-state index is 13.2. The molecule has 0 saturated heterocycles. The lowest BCUT2D eigenvalue weighted by Gasteiger charge is -2.29. The molecule has 0 spiro atoms. The van der Waals surface area contributed by atoms with Crippen LogP contribution in [0.15, 0.2) is 18.2 Å². The SMILES string of the molecule is O=CN(CC(=O)NC1CCC(F)(F)CC1)c1cc(F)cc(F)c1. The van der Waals surface area contributed by atoms with Crippen LogP contribution in [-0.2, 0) is 9.59 Å². The van der Waals surface area contributed by atoms with Gasteiger partial charge < -0.3 is 10.2 Å². The number of carbonyl (C=O) groups excluding carboxylic acids is 2. The van der Waals surface area contributed by atoms with Crippen molar-refractivity contribution in [2.75, 3.05) is 11.4 Å². The maximum atomic E-state index is 13.2. The molecule has 0 aliphatic heterocycles. The Bertz CT molecular complexity index is 565. The predicted molar refractivity (Wildman–Crippen MR) is 75.1 cm³/mol. The van der Waals surface area contributed by atoms with Crippen molar-refractivity contribution in [3.63, 3.8) is 0 Å². The standard InChI is InChI=1S/C15H16F4N2O2/c16-10-5-11(17)7-13(6-10)21(9-22)8-14(23)20-12-1-3-15(18,19)4-2-12/h5-7,9,12H,1-4,8H2,(H,20,23). The Kier molecular flexibility index (Phi) is 5.23. The minimum atomic E-state index is -2.70. The Balaban J connectivity index is 1.94. The molecule has 0 heterocycles. The Morgan fingerprint density at radius 1 is 1.22 bits per heavy atom. The van der Waals surface area contributed by atoms with Crippen LogP contribution >= 0.6 is 0 Å². The Hall–Kier alpha value is -2.12. The first-order chi connectivity index (χ1) is 10.8. The third-order valence-electron chi connectivity index (χ3n) is 3.70. The van der Waals surface area contributed by atoms with E-state index in [-0.39, 0.29) is 43.8 Å². The summed E-state index contributed by atoms with van der Waals surface area (Å²) >= 11 is 0. The molecule has 1 aliphatic carbocycles. The monoisotopic (exact) mass is 332 g/mol. The third kappa shape index (κ3) is 4.94. The zero-order valence-corrected chi connectivity index (χ0v) is 12.2. The topological polar surface area (TPSA) is 49.4 Å². The molecule has 23 heavy (non-hydrogen) atoms. The van der Waals surface area contributed by atoms with Gasteiger partial charge in [-0.15, -0.1) is 0 Å². The quantitative estimate of drug-likeness (QED) is 0.666. The number of nitrogens with one attached hydrogen (secondary N) is 1. The van der Waals surface area contributed by atoms with Crippen molar-refractivity contribution in [2.45, 2.75) is 37.6 Å². The minimum absolute atomic E-state index is 0.0946. The number of halogens is 4. The van der Waals surface area contributed by atoms with Gasteiger partial charge in [-0.25, -0.2) is 17.6 Å². The second kappa shape index (κ2) is 6.97. The van der Waals surface area contributed by atoms with Gasteiger partial charge in [0, 0.05) is 30.6 Å². The second-order valence-corrected chi connectivity index (χ2v) is 5.56. The molecule has 0 atom stereocenters. The molecular formula is C15H16F4N2O2. The average Bonchev–Trinajstić information content (AvgIpc) is 2.46. The normalized spacial score (nSPS) is 17.6. The van der Waals surface area contributed by atoms with Crippen LogP contribution in [0, 0.1) is 11.6 Å². The van der Waals surface area contributed by atoms with Crippen molar-refractivity contribution < 1.29 is 27.2 Å². The van der Waals surface area contributed by atoms with E-state index < -0.39 is 30.0 Å². The molecule has 0 bridgehead atoms. The molecule has 2 rings (SSSR count). The number of alkyl halides is 2. The van der Waals surface area contributed by atoms with E-state index in [1.165, 1.54) is 0 Å². The van der Waals surface area contributed by atoms with Crippen molar-refractivity contribution in [3.8, 4) is 0 Å². The summed E-state index contributed by atoms with van der Waals surface area (Å²) in [5, 5.41) is 2.56.